The molecule has 0 bridgehead atoms. The van der Waals surface area contributed by atoms with Crippen molar-refractivity contribution in [3.05, 3.63) is 17.8 Å². The Morgan fingerprint density at radius 1 is 1.39 bits per heavy atom. The summed E-state index contributed by atoms with van der Waals surface area (Å²) in [5.41, 5.74) is 7.18. The summed E-state index contributed by atoms with van der Waals surface area (Å²) in [6.07, 6.45) is 5.13. The summed E-state index contributed by atoms with van der Waals surface area (Å²) in [5.74, 6) is 0.782. The first-order valence-electron chi connectivity index (χ1n) is 6.42. The van der Waals surface area contributed by atoms with Crippen molar-refractivity contribution in [1.82, 2.24) is 4.98 Å². The number of hydrogen-bond acceptors (Lipinski definition) is 4. The molecule has 1 saturated heterocycles. The van der Waals surface area contributed by atoms with Crippen LogP contribution in [0.1, 0.15) is 38.7 Å². The lowest BCUT2D eigenvalue weighted by molar-refractivity contribution is 0.325. The minimum atomic E-state index is 0.384. The summed E-state index contributed by atoms with van der Waals surface area (Å²) in [5, 5.41) is 9.17. The molecule has 4 heteroatoms. The van der Waals surface area contributed by atoms with Gasteiger partial charge in [-0.3, -0.25) is 0 Å². The Morgan fingerprint density at radius 2 is 2.17 bits per heavy atom. The van der Waals surface area contributed by atoms with E-state index in [2.05, 4.69) is 29.8 Å². The highest BCUT2D eigenvalue weighted by Crippen LogP contribution is 2.32. The maximum absolute atomic E-state index is 9.17. The van der Waals surface area contributed by atoms with E-state index in [-0.39, 0.29) is 0 Å². The minimum absolute atomic E-state index is 0.384. The first kappa shape index (κ1) is 12.7. The summed E-state index contributed by atoms with van der Waals surface area (Å²) in [6, 6.07) is 3.90. The van der Waals surface area contributed by atoms with Crippen LogP contribution >= 0.6 is 0 Å². The fourth-order valence-electron chi connectivity index (χ4n) is 2.44. The highest BCUT2D eigenvalue weighted by atomic mass is 15.2. The number of hydrogen-bond donors (Lipinski definition) is 1. The Morgan fingerprint density at radius 3 is 2.89 bits per heavy atom. The number of nitrogen functional groups attached to an aromatic ring is 1. The molecule has 18 heavy (non-hydrogen) atoms. The zero-order valence-corrected chi connectivity index (χ0v) is 11.1. The Bertz CT molecular complexity index is 473. The molecular formula is C14H20N4. The summed E-state index contributed by atoms with van der Waals surface area (Å²) in [7, 11) is 0. The maximum atomic E-state index is 9.17. The van der Waals surface area contributed by atoms with Crippen LogP contribution in [-0.2, 0) is 0 Å². The van der Waals surface area contributed by atoms with Crippen LogP contribution in [0.15, 0.2) is 12.3 Å². The molecule has 0 amide bonds. The van der Waals surface area contributed by atoms with Crippen molar-refractivity contribution >= 4 is 11.5 Å². The number of rotatable bonds is 1. The van der Waals surface area contributed by atoms with Crippen LogP contribution in [0.3, 0.4) is 0 Å². The van der Waals surface area contributed by atoms with Gasteiger partial charge in [-0.1, -0.05) is 13.8 Å². The van der Waals surface area contributed by atoms with Crippen LogP contribution < -0.4 is 10.6 Å². The van der Waals surface area contributed by atoms with E-state index in [9.17, 15) is 5.26 Å². The van der Waals surface area contributed by atoms with Crippen LogP contribution in [0.2, 0.25) is 0 Å². The fourth-order valence-corrected chi connectivity index (χ4v) is 2.44. The standard InChI is InChI=1S/C14H20N4/c1-14(2)4-3-6-18(7-5-14)13-11(9-15)8-12(16)10-17-13/h8,10H,3-7,16H2,1-2H3. The zero-order valence-electron chi connectivity index (χ0n) is 11.1. The van der Waals surface area contributed by atoms with Crippen molar-refractivity contribution in [2.75, 3.05) is 23.7 Å². The van der Waals surface area contributed by atoms with E-state index >= 15 is 0 Å². The minimum Gasteiger partial charge on any atom is -0.397 e. The molecule has 2 heterocycles. The van der Waals surface area contributed by atoms with Crippen molar-refractivity contribution in [1.29, 1.82) is 5.26 Å². The smallest absolute Gasteiger partial charge is 0.146 e. The zero-order chi connectivity index (χ0) is 13.2. The Balaban J connectivity index is 2.24. The van der Waals surface area contributed by atoms with Crippen molar-refractivity contribution < 1.29 is 0 Å². The Hall–Kier alpha value is -1.76. The molecule has 4 nitrogen and oxygen atoms in total. The van der Waals surface area contributed by atoms with Crippen molar-refractivity contribution in [2.24, 2.45) is 5.41 Å². The number of nitrogens with two attached hydrogens (primary N) is 1. The Labute approximate surface area is 108 Å². The molecule has 0 spiro atoms. The van der Waals surface area contributed by atoms with E-state index < -0.39 is 0 Å². The molecule has 2 rings (SSSR count). The average Bonchev–Trinajstić information content (AvgIpc) is 2.50. The third-order valence-electron chi connectivity index (χ3n) is 3.65. The number of nitrogens with zero attached hydrogens (tertiary/aromatic N) is 3. The van der Waals surface area contributed by atoms with E-state index in [0.717, 1.165) is 31.7 Å². The highest BCUT2D eigenvalue weighted by Gasteiger charge is 2.24. The largest absolute Gasteiger partial charge is 0.397 e. The third-order valence-corrected chi connectivity index (χ3v) is 3.65. The van der Waals surface area contributed by atoms with E-state index in [1.807, 2.05) is 0 Å². The first-order valence-corrected chi connectivity index (χ1v) is 6.42. The maximum Gasteiger partial charge on any atom is 0.146 e. The van der Waals surface area contributed by atoms with Gasteiger partial charge in [-0.05, 0) is 30.7 Å². The summed E-state index contributed by atoms with van der Waals surface area (Å²) in [6.45, 7) is 6.53. The van der Waals surface area contributed by atoms with Crippen LogP contribution in [-0.4, -0.2) is 18.1 Å². The van der Waals surface area contributed by atoms with Gasteiger partial charge in [-0.25, -0.2) is 4.98 Å². The lowest BCUT2D eigenvalue weighted by Crippen LogP contribution is -2.26. The molecule has 0 unspecified atom stereocenters. The second-order valence-electron chi connectivity index (χ2n) is 5.76. The molecule has 1 aromatic rings. The molecule has 0 radical (unpaired) electrons. The van der Waals surface area contributed by atoms with E-state index in [0.29, 0.717) is 16.7 Å². The van der Waals surface area contributed by atoms with Gasteiger partial charge in [0.15, 0.2) is 0 Å². The van der Waals surface area contributed by atoms with Gasteiger partial charge in [-0.2, -0.15) is 5.26 Å². The molecule has 1 fully saturated rings. The molecule has 96 valence electrons. The van der Waals surface area contributed by atoms with Crippen LogP contribution in [0.25, 0.3) is 0 Å². The number of pyridine rings is 1. The van der Waals surface area contributed by atoms with Gasteiger partial charge in [0.05, 0.1) is 17.4 Å². The SMILES string of the molecule is CC1(C)CCCN(c2ncc(N)cc2C#N)CC1. The summed E-state index contributed by atoms with van der Waals surface area (Å²) < 4.78 is 0. The van der Waals surface area contributed by atoms with Crippen molar-refractivity contribution in [2.45, 2.75) is 33.1 Å². The molecule has 1 aromatic heterocycles. The van der Waals surface area contributed by atoms with Gasteiger partial charge in [0.25, 0.3) is 0 Å². The van der Waals surface area contributed by atoms with Crippen molar-refractivity contribution in [3.8, 4) is 6.07 Å². The van der Waals surface area contributed by atoms with Gasteiger partial charge < -0.3 is 10.6 Å². The Kier molecular flexibility index (Phi) is 3.42. The first-order chi connectivity index (χ1) is 8.52. The normalized spacial score (nSPS) is 19.1. The van der Waals surface area contributed by atoms with Crippen LogP contribution in [0.5, 0.6) is 0 Å². The quantitative estimate of drug-likeness (QED) is 0.824. The van der Waals surface area contributed by atoms with Gasteiger partial charge in [0.2, 0.25) is 0 Å². The molecule has 1 aliphatic rings. The number of anilines is 2. The van der Waals surface area contributed by atoms with Gasteiger partial charge in [0.1, 0.15) is 11.9 Å². The molecule has 0 aliphatic carbocycles. The lowest BCUT2D eigenvalue weighted by Gasteiger charge is -2.24. The van der Waals surface area contributed by atoms with E-state index in [4.69, 9.17) is 5.73 Å². The van der Waals surface area contributed by atoms with E-state index in [1.54, 1.807) is 12.3 Å². The van der Waals surface area contributed by atoms with Crippen LogP contribution in [0.4, 0.5) is 11.5 Å². The molecule has 0 atom stereocenters. The topological polar surface area (TPSA) is 65.9 Å². The van der Waals surface area contributed by atoms with Gasteiger partial charge in [-0.15, -0.1) is 0 Å². The van der Waals surface area contributed by atoms with E-state index in [1.165, 1.54) is 6.42 Å². The predicted octanol–water partition coefficient (Wildman–Crippen LogP) is 2.55. The molecule has 0 aromatic carbocycles. The molecular weight excluding hydrogens is 224 g/mol. The number of nitriles is 1. The third kappa shape index (κ3) is 2.73. The summed E-state index contributed by atoms with van der Waals surface area (Å²) >= 11 is 0. The molecule has 1 aliphatic heterocycles. The predicted molar refractivity (Wildman–Crippen MR) is 73.2 cm³/mol. The molecule has 0 saturated carbocycles. The second-order valence-corrected chi connectivity index (χ2v) is 5.76. The highest BCUT2D eigenvalue weighted by molar-refractivity contribution is 5.58. The second kappa shape index (κ2) is 4.85. The van der Waals surface area contributed by atoms with Crippen molar-refractivity contribution in [3.63, 3.8) is 0 Å². The average molecular weight is 244 g/mol. The van der Waals surface area contributed by atoms with Crippen LogP contribution in [0, 0.1) is 16.7 Å². The van der Waals surface area contributed by atoms with Gasteiger partial charge in [0, 0.05) is 13.1 Å². The molecule has 2 N–H and O–H groups in total. The summed E-state index contributed by atoms with van der Waals surface area (Å²) in [4.78, 5) is 6.56. The number of aromatic nitrogens is 1. The monoisotopic (exact) mass is 244 g/mol. The lowest BCUT2D eigenvalue weighted by atomic mass is 9.85. The fraction of sp³-hybridized carbons (Fsp3) is 0.571. The van der Waals surface area contributed by atoms with Gasteiger partial charge >= 0.3 is 0 Å².